The Labute approximate surface area is 193 Å². The van der Waals surface area contributed by atoms with Gasteiger partial charge in [-0.2, -0.15) is 0 Å². The molecule has 3 heterocycles. The summed E-state index contributed by atoms with van der Waals surface area (Å²) in [4.78, 5) is 36.6. The molecule has 30 heavy (non-hydrogen) atoms. The highest BCUT2D eigenvalue weighted by Crippen LogP contribution is 2.40. The molecule has 2 amide bonds. The van der Waals surface area contributed by atoms with Gasteiger partial charge in [-0.3, -0.25) is 14.5 Å². The third-order valence-electron chi connectivity index (χ3n) is 5.08. The number of fused-ring (bicyclic) bond motifs is 2. The molecule has 0 radical (unpaired) electrons. The Balaban J connectivity index is 0.00000160. The van der Waals surface area contributed by atoms with E-state index >= 15 is 0 Å². The van der Waals surface area contributed by atoms with E-state index in [-0.39, 0.29) is 36.6 Å². The van der Waals surface area contributed by atoms with Crippen molar-refractivity contribution >= 4 is 59.8 Å². The predicted octanol–water partition coefficient (Wildman–Crippen LogP) is 2.85. The van der Waals surface area contributed by atoms with Crippen LogP contribution in [0.4, 0.5) is 11.4 Å². The highest BCUT2D eigenvalue weighted by atomic mass is 35.5. The first-order chi connectivity index (χ1) is 13.5. The number of carbonyl (C=O) groups excluding carboxylic acids is 2. The molecule has 1 aromatic carbocycles. The first-order valence-corrected chi connectivity index (χ1v) is 10.1. The van der Waals surface area contributed by atoms with E-state index in [4.69, 9.17) is 0 Å². The fourth-order valence-electron chi connectivity index (χ4n) is 3.38. The Bertz CT molecular complexity index is 922. The van der Waals surface area contributed by atoms with Crippen molar-refractivity contribution in [3.8, 4) is 0 Å². The van der Waals surface area contributed by atoms with Gasteiger partial charge in [-0.25, -0.2) is 4.98 Å². The Morgan fingerprint density at radius 3 is 2.60 bits per heavy atom. The van der Waals surface area contributed by atoms with Crippen molar-refractivity contribution in [1.82, 2.24) is 14.8 Å². The van der Waals surface area contributed by atoms with Crippen molar-refractivity contribution in [1.29, 1.82) is 0 Å². The summed E-state index contributed by atoms with van der Waals surface area (Å²) in [6.07, 6.45) is 1.72. The maximum Gasteiger partial charge on any atom is 0.259 e. The summed E-state index contributed by atoms with van der Waals surface area (Å²) < 4.78 is 0. The number of nitrogens with one attached hydrogen (secondary N) is 1. The van der Waals surface area contributed by atoms with Crippen LogP contribution in [0.1, 0.15) is 10.4 Å². The van der Waals surface area contributed by atoms with Gasteiger partial charge in [0.25, 0.3) is 5.91 Å². The van der Waals surface area contributed by atoms with Crippen LogP contribution in [-0.4, -0.2) is 73.4 Å². The van der Waals surface area contributed by atoms with Gasteiger partial charge in [0.05, 0.1) is 17.8 Å². The average molecular weight is 470 g/mol. The van der Waals surface area contributed by atoms with Crippen molar-refractivity contribution in [3.05, 3.63) is 42.1 Å². The molecular weight excluding hydrogens is 445 g/mol. The highest BCUT2D eigenvalue weighted by molar-refractivity contribution is 7.99. The zero-order valence-electron chi connectivity index (χ0n) is 16.8. The van der Waals surface area contributed by atoms with Gasteiger partial charge in [0, 0.05) is 50.0 Å². The molecule has 10 heteroatoms. The van der Waals surface area contributed by atoms with Gasteiger partial charge in [-0.1, -0.05) is 11.8 Å². The number of pyridine rings is 1. The van der Waals surface area contributed by atoms with Gasteiger partial charge in [-0.15, -0.1) is 24.8 Å². The number of hydrogen-bond donors (Lipinski definition) is 1. The highest BCUT2D eigenvalue weighted by Gasteiger charge is 2.26. The number of hydrogen-bond acceptors (Lipinski definition) is 6. The van der Waals surface area contributed by atoms with Gasteiger partial charge >= 0.3 is 0 Å². The van der Waals surface area contributed by atoms with Crippen LogP contribution in [0.5, 0.6) is 0 Å². The van der Waals surface area contributed by atoms with Crippen LogP contribution in [0.2, 0.25) is 0 Å². The second-order valence-corrected chi connectivity index (χ2v) is 8.16. The molecule has 7 nitrogen and oxygen atoms in total. The molecule has 4 rings (SSSR count). The van der Waals surface area contributed by atoms with Gasteiger partial charge in [0.2, 0.25) is 5.91 Å². The lowest BCUT2D eigenvalue weighted by molar-refractivity contribution is -0.117. The second kappa shape index (κ2) is 10.5. The Morgan fingerprint density at radius 2 is 1.87 bits per heavy atom. The monoisotopic (exact) mass is 469 g/mol. The van der Waals surface area contributed by atoms with Crippen LogP contribution < -0.4 is 10.2 Å². The summed E-state index contributed by atoms with van der Waals surface area (Å²) in [6, 6.07) is 9.19. The largest absolute Gasteiger partial charge is 0.325 e. The lowest BCUT2D eigenvalue weighted by atomic mass is 10.1. The number of piperazine rings is 1. The maximum atomic E-state index is 12.9. The topological polar surface area (TPSA) is 68.8 Å². The Kier molecular flexibility index (Phi) is 8.52. The van der Waals surface area contributed by atoms with Gasteiger partial charge in [-0.05, 0) is 37.4 Å². The number of aromatic nitrogens is 1. The molecule has 162 valence electrons. The van der Waals surface area contributed by atoms with Crippen molar-refractivity contribution in [3.63, 3.8) is 0 Å². The van der Waals surface area contributed by atoms with Crippen LogP contribution in [0.3, 0.4) is 0 Å². The molecule has 0 atom stereocenters. The summed E-state index contributed by atoms with van der Waals surface area (Å²) in [7, 11) is 3.84. The first-order valence-electron chi connectivity index (χ1n) is 9.27. The van der Waals surface area contributed by atoms with Crippen molar-refractivity contribution < 1.29 is 9.59 Å². The summed E-state index contributed by atoms with van der Waals surface area (Å²) >= 11 is 1.47. The molecule has 1 saturated heterocycles. The molecule has 1 N–H and O–H groups in total. The van der Waals surface area contributed by atoms with Crippen molar-refractivity contribution in [2.45, 2.75) is 9.92 Å². The lowest BCUT2D eigenvalue weighted by Gasteiger charge is -2.31. The minimum atomic E-state index is -0.107. The van der Waals surface area contributed by atoms with E-state index in [1.165, 1.54) is 11.8 Å². The van der Waals surface area contributed by atoms with Crippen molar-refractivity contribution in [2.24, 2.45) is 0 Å². The van der Waals surface area contributed by atoms with Crippen LogP contribution >= 0.6 is 36.6 Å². The standard InChI is InChI=1S/C20H23N5O2S.2ClH/c1-23-8-10-25(11-9-23)13-18(26)22-14-5-6-17-15(12-14)20(27)24(2)16-4-3-7-21-19(16)28-17;;/h3-7,12H,8-11,13H2,1-2H3,(H,22,26);2*1H. The molecule has 0 unspecified atom stereocenters. The van der Waals surface area contributed by atoms with E-state index in [0.29, 0.717) is 17.8 Å². The number of nitrogens with zero attached hydrogens (tertiary/aromatic N) is 4. The average Bonchev–Trinajstić information content (AvgIpc) is 2.79. The van der Waals surface area contributed by atoms with Crippen LogP contribution in [0.25, 0.3) is 0 Å². The smallest absolute Gasteiger partial charge is 0.259 e. The Morgan fingerprint density at radius 1 is 1.13 bits per heavy atom. The van der Waals surface area contributed by atoms with E-state index in [0.717, 1.165) is 41.8 Å². The summed E-state index contributed by atoms with van der Waals surface area (Å²) in [5.41, 5.74) is 2.00. The number of amides is 2. The number of likely N-dealkylation sites (N-methyl/N-ethyl adjacent to an activating group) is 1. The zero-order valence-corrected chi connectivity index (χ0v) is 19.3. The third kappa shape index (κ3) is 5.25. The van der Waals surface area contributed by atoms with E-state index in [1.54, 1.807) is 24.2 Å². The molecule has 0 aliphatic carbocycles. The van der Waals surface area contributed by atoms with E-state index in [1.807, 2.05) is 24.3 Å². The quantitative estimate of drug-likeness (QED) is 0.744. The van der Waals surface area contributed by atoms with Crippen molar-refractivity contribution in [2.75, 3.05) is 57.0 Å². The van der Waals surface area contributed by atoms with E-state index in [9.17, 15) is 9.59 Å². The number of benzene rings is 1. The van der Waals surface area contributed by atoms with Gasteiger partial charge in [0.15, 0.2) is 0 Å². The SMILES string of the molecule is CN1CCN(CC(=O)Nc2ccc3c(c2)C(=O)N(C)c2cccnc2S3)CC1.Cl.Cl. The third-order valence-corrected chi connectivity index (χ3v) is 6.16. The summed E-state index contributed by atoms with van der Waals surface area (Å²) in [6.45, 7) is 4.08. The van der Waals surface area contributed by atoms with E-state index < -0.39 is 0 Å². The molecule has 0 spiro atoms. The lowest BCUT2D eigenvalue weighted by Crippen LogP contribution is -2.47. The molecule has 1 fully saturated rings. The van der Waals surface area contributed by atoms with Gasteiger partial charge in [0.1, 0.15) is 5.03 Å². The number of carbonyl (C=O) groups is 2. The fraction of sp³-hybridized carbons (Fsp3) is 0.350. The van der Waals surface area contributed by atoms with Gasteiger partial charge < -0.3 is 15.1 Å². The molecule has 0 saturated carbocycles. The number of halogens is 2. The molecule has 0 bridgehead atoms. The normalized spacial score (nSPS) is 16.5. The Hall–Kier alpha value is -1.84. The fourth-order valence-corrected chi connectivity index (χ4v) is 4.41. The molecule has 2 aliphatic rings. The molecule has 1 aromatic heterocycles. The second-order valence-electron chi connectivity index (χ2n) is 7.13. The predicted molar refractivity (Wildman–Crippen MR) is 125 cm³/mol. The molecule has 2 aliphatic heterocycles. The van der Waals surface area contributed by atoms with E-state index in [2.05, 4.69) is 27.1 Å². The van der Waals surface area contributed by atoms with Crippen LogP contribution in [0.15, 0.2) is 46.5 Å². The zero-order chi connectivity index (χ0) is 19.7. The van der Waals surface area contributed by atoms with Crippen LogP contribution in [0, 0.1) is 0 Å². The minimum absolute atomic E-state index is 0. The minimum Gasteiger partial charge on any atom is -0.325 e. The number of rotatable bonds is 3. The number of anilines is 2. The molecule has 2 aromatic rings. The maximum absolute atomic E-state index is 12.9. The van der Waals surface area contributed by atoms with Crippen LogP contribution in [-0.2, 0) is 4.79 Å². The molecular formula is C20H25Cl2N5O2S. The summed E-state index contributed by atoms with van der Waals surface area (Å²) in [5.74, 6) is -0.166. The summed E-state index contributed by atoms with van der Waals surface area (Å²) in [5, 5.41) is 3.73. The first kappa shape index (κ1) is 24.4.